The lowest BCUT2D eigenvalue weighted by molar-refractivity contribution is -0.00000963. The molecular formula is C34H30ClN2O2-. The summed E-state index contributed by atoms with van der Waals surface area (Å²) in [6.07, 6.45) is -0.613. The summed E-state index contributed by atoms with van der Waals surface area (Å²) < 4.78 is 7.58. The van der Waals surface area contributed by atoms with Crippen molar-refractivity contribution in [3.63, 3.8) is 0 Å². The molecule has 5 aromatic carbocycles. The fourth-order valence-corrected chi connectivity index (χ4v) is 5.32. The minimum Gasteiger partial charge on any atom is -1.00 e. The van der Waals surface area contributed by atoms with E-state index in [2.05, 4.69) is 101 Å². The van der Waals surface area contributed by atoms with E-state index >= 15 is 0 Å². The van der Waals surface area contributed by atoms with Crippen molar-refractivity contribution >= 4 is 27.4 Å². The highest BCUT2D eigenvalue weighted by atomic mass is 35.5. The van der Waals surface area contributed by atoms with Crippen molar-refractivity contribution in [3.05, 3.63) is 121 Å². The van der Waals surface area contributed by atoms with Gasteiger partial charge in [0.15, 0.2) is 0 Å². The van der Waals surface area contributed by atoms with Crippen LogP contribution in [0.2, 0.25) is 0 Å². The van der Waals surface area contributed by atoms with Crippen LogP contribution in [-0.4, -0.2) is 29.4 Å². The van der Waals surface area contributed by atoms with Gasteiger partial charge in [-0.1, -0.05) is 97.1 Å². The average molecular weight is 534 g/mol. The number of hydrogen-bond acceptors (Lipinski definition) is 3. The van der Waals surface area contributed by atoms with Crippen LogP contribution in [0, 0.1) is 0 Å². The topological polar surface area (TPSA) is 46.4 Å². The van der Waals surface area contributed by atoms with Crippen LogP contribution in [0.1, 0.15) is 0 Å². The molecule has 39 heavy (non-hydrogen) atoms. The van der Waals surface area contributed by atoms with Gasteiger partial charge >= 0.3 is 0 Å². The number of benzene rings is 5. The van der Waals surface area contributed by atoms with Crippen molar-refractivity contribution in [1.82, 2.24) is 4.57 Å². The molecule has 0 fully saturated rings. The summed E-state index contributed by atoms with van der Waals surface area (Å²) in [6, 6.07) is 41.7. The summed E-state index contributed by atoms with van der Waals surface area (Å²) in [6.45, 7) is 0.871. The second-order valence-electron chi connectivity index (χ2n) is 9.51. The van der Waals surface area contributed by atoms with Crippen LogP contribution < -0.4 is 22.5 Å². The van der Waals surface area contributed by atoms with Gasteiger partial charge in [0.05, 0.1) is 31.0 Å². The van der Waals surface area contributed by atoms with Crippen molar-refractivity contribution in [2.24, 2.45) is 0 Å². The molecule has 1 atom stereocenters. The maximum absolute atomic E-state index is 11.3. The molecule has 1 aromatic heterocycles. The van der Waals surface area contributed by atoms with Crippen LogP contribution in [-0.2, 0) is 6.54 Å². The summed E-state index contributed by atoms with van der Waals surface area (Å²) in [5.74, 6) is 0.808. The minimum absolute atomic E-state index is 0. The second kappa shape index (κ2) is 11.6. The number of anilines is 1. The predicted molar refractivity (Wildman–Crippen MR) is 158 cm³/mol. The Kier molecular flexibility index (Phi) is 7.87. The third kappa shape index (κ3) is 5.22. The van der Waals surface area contributed by atoms with Gasteiger partial charge in [0, 0.05) is 28.6 Å². The Morgan fingerprint density at radius 1 is 0.718 bits per heavy atom. The molecule has 0 spiro atoms. The number of ether oxygens (including phenoxy) is 1. The van der Waals surface area contributed by atoms with Gasteiger partial charge in [0.25, 0.3) is 0 Å². The van der Waals surface area contributed by atoms with Gasteiger partial charge in [-0.25, -0.2) is 0 Å². The summed E-state index contributed by atoms with van der Waals surface area (Å²) in [7, 11) is 1.66. The van der Waals surface area contributed by atoms with Crippen molar-refractivity contribution in [3.8, 4) is 28.1 Å². The number of aromatic nitrogens is 1. The molecule has 4 nitrogen and oxygen atoms in total. The largest absolute Gasteiger partial charge is 1.00 e. The Morgan fingerprint density at radius 3 is 2.05 bits per heavy atom. The third-order valence-electron chi connectivity index (χ3n) is 7.08. The van der Waals surface area contributed by atoms with Gasteiger partial charge in [0.2, 0.25) is 0 Å². The Bertz CT molecular complexity index is 1680. The standard InChI is InChI=1S/C34H30N2O2.ClH/c1-38-29-19-17-27(18-20-29)35-22-28(37)23-36-33(26-13-6-3-7-14-26)32(25-11-4-2-5-12-25)31-21-16-24-10-8-9-15-30(24)34(31)36;/h2-21,28,35,37H,22-23H2,1H3;1H/p-1. The maximum atomic E-state index is 11.3. The molecule has 0 bridgehead atoms. The Hall–Kier alpha value is -4.25. The fourth-order valence-electron chi connectivity index (χ4n) is 5.32. The number of aliphatic hydroxyl groups is 1. The van der Waals surface area contributed by atoms with E-state index in [1.807, 2.05) is 30.3 Å². The number of rotatable bonds is 8. The van der Waals surface area contributed by atoms with Gasteiger partial charge in [-0.2, -0.15) is 0 Å². The minimum atomic E-state index is -0.613. The molecule has 5 heteroatoms. The highest BCUT2D eigenvalue weighted by Crippen LogP contribution is 2.43. The molecule has 0 aliphatic carbocycles. The molecule has 0 saturated heterocycles. The molecule has 6 aromatic rings. The molecule has 0 aliphatic rings. The van der Waals surface area contributed by atoms with E-state index in [4.69, 9.17) is 4.74 Å². The Morgan fingerprint density at radius 2 is 1.36 bits per heavy atom. The molecular weight excluding hydrogens is 504 g/mol. The Balaban J connectivity index is 0.00000308. The monoisotopic (exact) mass is 533 g/mol. The molecule has 1 heterocycles. The molecule has 0 amide bonds. The molecule has 0 saturated carbocycles. The van der Waals surface area contributed by atoms with Crippen molar-refractivity contribution in [2.45, 2.75) is 12.6 Å². The average Bonchev–Trinajstić information content (AvgIpc) is 3.31. The van der Waals surface area contributed by atoms with Gasteiger partial charge in [-0.15, -0.1) is 0 Å². The van der Waals surface area contributed by atoms with Crippen LogP contribution in [0.4, 0.5) is 5.69 Å². The van der Waals surface area contributed by atoms with Gasteiger partial charge in [0.1, 0.15) is 5.75 Å². The highest BCUT2D eigenvalue weighted by Gasteiger charge is 2.23. The van der Waals surface area contributed by atoms with Crippen molar-refractivity contribution in [1.29, 1.82) is 0 Å². The maximum Gasteiger partial charge on any atom is 0.119 e. The van der Waals surface area contributed by atoms with E-state index in [0.29, 0.717) is 13.1 Å². The van der Waals surface area contributed by atoms with Crippen molar-refractivity contribution < 1.29 is 22.3 Å². The van der Waals surface area contributed by atoms with Crippen LogP contribution in [0.25, 0.3) is 44.1 Å². The number of halogens is 1. The van der Waals surface area contributed by atoms with Crippen LogP contribution >= 0.6 is 0 Å². The summed E-state index contributed by atoms with van der Waals surface area (Å²) in [5.41, 5.74) is 6.68. The lowest BCUT2D eigenvalue weighted by Gasteiger charge is -2.18. The van der Waals surface area contributed by atoms with Gasteiger partial charge in [-0.05, 0) is 40.8 Å². The normalized spacial score (nSPS) is 11.7. The zero-order valence-electron chi connectivity index (χ0n) is 21.7. The first-order valence-corrected chi connectivity index (χ1v) is 12.9. The summed E-state index contributed by atoms with van der Waals surface area (Å²) in [4.78, 5) is 0. The molecule has 2 N–H and O–H groups in total. The summed E-state index contributed by atoms with van der Waals surface area (Å²) in [5, 5.41) is 18.3. The molecule has 1 unspecified atom stereocenters. The lowest BCUT2D eigenvalue weighted by Crippen LogP contribution is -3.00. The number of nitrogens with zero attached hydrogens (tertiary/aromatic N) is 1. The van der Waals surface area contributed by atoms with Crippen LogP contribution in [0.15, 0.2) is 121 Å². The fraction of sp³-hybridized carbons (Fsp3) is 0.118. The van der Waals surface area contributed by atoms with Crippen molar-refractivity contribution in [2.75, 3.05) is 19.0 Å². The summed E-state index contributed by atoms with van der Waals surface area (Å²) >= 11 is 0. The first-order chi connectivity index (χ1) is 18.7. The van der Waals surface area contributed by atoms with E-state index in [-0.39, 0.29) is 12.4 Å². The predicted octanol–water partition coefficient (Wildman–Crippen LogP) is 4.61. The number of methoxy groups -OCH3 is 1. The van der Waals surface area contributed by atoms with E-state index < -0.39 is 6.10 Å². The number of aliphatic hydroxyl groups excluding tert-OH is 1. The zero-order valence-corrected chi connectivity index (χ0v) is 22.5. The molecule has 0 radical (unpaired) electrons. The smallest absolute Gasteiger partial charge is 0.119 e. The van der Waals surface area contributed by atoms with E-state index in [0.717, 1.165) is 33.8 Å². The number of hydrogen-bond donors (Lipinski definition) is 2. The quantitative estimate of drug-likeness (QED) is 0.300. The number of fused-ring (bicyclic) bond motifs is 3. The van der Waals surface area contributed by atoms with Gasteiger partial charge < -0.3 is 32.1 Å². The van der Waals surface area contributed by atoms with Gasteiger partial charge in [-0.3, -0.25) is 0 Å². The number of nitrogens with one attached hydrogen (secondary N) is 1. The van der Waals surface area contributed by atoms with Crippen LogP contribution in [0.3, 0.4) is 0 Å². The first-order valence-electron chi connectivity index (χ1n) is 12.9. The molecule has 6 rings (SSSR count). The van der Waals surface area contributed by atoms with E-state index in [9.17, 15) is 5.11 Å². The SMILES string of the molecule is COc1ccc(NCC(O)Cn2c(-c3ccccc3)c(-c3ccccc3)c3ccc4ccccc4c32)cc1.[Cl-]. The zero-order chi connectivity index (χ0) is 25.9. The lowest BCUT2D eigenvalue weighted by atomic mass is 9.97. The molecule has 196 valence electrons. The highest BCUT2D eigenvalue weighted by molar-refractivity contribution is 6.15. The van der Waals surface area contributed by atoms with E-state index in [1.54, 1.807) is 7.11 Å². The molecule has 0 aliphatic heterocycles. The third-order valence-corrected chi connectivity index (χ3v) is 7.08. The first kappa shape index (κ1) is 26.4. The second-order valence-corrected chi connectivity index (χ2v) is 9.51. The van der Waals surface area contributed by atoms with Crippen LogP contribution in [0.5, 0.6) is 5.75 Å². The Labute approximate surface area is 234 Å². The van der Waals surface area contributed by atoms with E-state index in [1.165, 1.54) is 21.7 Å².